The number of rotatable bonds is 10. The Kier molecular flexibility index (Phi) is 7.56. The number of aromatic nitrogens is 1. The van der Waals surface area contributed by atoms with Crippen LogP contribution in [0.25, 0.3) is 10.9 Å². The Morgan fingerprint density at radius 1 is 0.939 bits per heavy atom. The standard InChI is InChI=1S/C29H31FN2O/c1-2-3-9-18-31-29(33)19-26(23-14-16-24(30)17-15-23)27-21-32(20-22-10-5-4-6-11-22)28-13-8-7-12-25(27)28/h4-8,10-17,21,26H,2-3,9,18-20H2,1H3,(H,31,33)/t26-/m0/s1. The molecule has 4 heteroatoms. The van der Waals surface area contributed by atoms with Crippen molar-refractivity contribution in [3.05, 3.63) is 108 Å². The molecule has 33 heavy (non-hydrogen) atoms. The van der Waals surface area contributed by atoms with Crippen molar-refractivity contribution in [1.82, 2.24) is 9.88 Å². The van der Waals surface area contributed by atoms with Crippen LogP contribution in [0.1, 0.15) is 55.2 Å². The molecule has 0 fully saturated rings. The maximum atomic E-state index is 13.7. The summed E-state index contributed by atoms with van der Waals surface area (Å²) in [6.07, 6.45) is 5.70. The zero-order chi connectivity index (χ0) is 23.0. The average molecular weight is 443 g/mol. The number of amides is 1. The SMILES string of the molecule is CCCCCNC(=O)C[C@@H](c1ccc(F)cc1)c1cn(Cc2ccccc2)c2ccccc12. The van der Waals surface area contributed by atoms with Crippen molar-refractivity contribution in [3.63, 3.8) is 0 Å². The number of carbonyl (C=O) groups is 1. The molecule has 4 rings (SSSR count). The number of unbranched alkanes of at least 4 members (excludes halogenated alkanes) is 2. The van der Waals surface area contributed by atoms with E-state index in [1.807, 2.05) is 30.3 Å². The van der Waals surface area contributed by atoms with E-state index in [-0.39, 0.29) is 17.6 Å². The van der Waals surface area contributed by atoms with Crippen LogP contribution in [-0.2, 0) is 11.3 Å². The Hall–Kier alpha value is -3.40. The number of nitrogens with zero attached hydrogens (tertiary/aromatic N) is 1. The van der Waals surface area contributed by atoms with Gasteiger partial charge in [0.1, 0.15) is 5.82 Å². The molecule has 4 aromatic rings. The Balaban J connectivity index is 1.69. The van der Waals surface area contributed by atoms with Crippen molar-refractivity contribution in [2.45, 2.75) is 45.1 Å². The Morgan fingerprint density at radius 2 is 1.67 bits per heavy atom. The molecule has 1 N–H and O–H groups in total. The number of fused-ring (bicyclic) bond motifs is 1. The average Bonchev–Trinajstić information content (AvgIpc) is 3.20. The molecule has 1 aromatic heterocycles. The van der Waals surface area contributed by atoms with E-state index in [9.17, 15) is 9.18 Å². The summed E-state index contributed by atoms with van der Waals surface area (Å²) in [5.74, 6) is -0.396. The molecule has 1 heterocycles. The zero-order valence-corrected chi connectivity index (χ0v) is 19.1. The number of hydrogen-bond acceptors (Lipinski definition) is 1. The molecular weight excluding hydrogens is 411 g/mol. The highest BCUT2D eigenvalue weighted by Gasteiger charge is 2.23. The van der Waals surface area contributed by atoms with Gasteiger partial charge >= 0.3 is 0 Å². The molecule has 0 bridgehead atoms. The fraction of sp³-hybridized carbons (Fsp3) is 0.276. The predicted octanol–water partition coefficient (Wildman–Crippen LogP) is 6.66. The van der Waals surface area contributed by atoms with Gasteiger partial charge in [-0.1, -0.05) is 80.4 Å². The summed E-state index contributed by atoms with van der Waals surface area (Å²) in [6.45, 7) is 3.59. The third-order valence-electron chi connectivity index (χ3n) is 6.15. The van der Waals surface area contributed by atoms with Gasteiger partial charge in [-0.3, -0.25) is 4.79 Å². The first-order chi connectivity index (χ1) is 16.2. The van der Waals surface area contributed by atoms with Gasteiger partial charge in [0, 0.05) is 42.5 Å². The highest BCUT2D eigenvalue weighted by atomic mass is 19.1. The summed E-state index contributed by atoms with van der Waals surface area (Å²) in [5, 5.41) is 4.20. The van der Waals surface area contributed by atoms with Crippen LogP contribution in [0.2, 0.25) is 0 Å². The van der Waals surface area contributed by atoms with Gasteiger partial charge in [-0.25, -0.2) is 4.39 Å². The second-order valence-electron chi connectivity index (χ2n) is 8.58. The van der Waals surface area contributed by atoms with E-state index in [0.29, 0.717) is 13.0 Å². The van der Waals surface area contributed by atoms with Gasteiger partial charge in [0.05, 0.1) is 0 Å². The summed E-state index contributed by atoms with van der Waals surface area (Å²) in [5.41, 5.74) is 4.39. The molecular formula is C29H31FN2O. The van der Waals surface area contributed by atoms with E-state index in [1.165, 1.54) is 17.7 Å². The normalized spacial score (nSPS) is 12.1. The highest BCUT2D eigenvalue weighted by molar-refractivity contribution is 5.86. The first kappa shape index (κ1) is 22.8. The van der Waals surface area contributed by atoms with Gasteiger partial charge in [0.25, 0.3) is 0 Å². The molecule has 0 saturated heterocycles. The molecule has 0 unspecified atom stereocenters. The molecule has 0 saturated carbocycles. The van der Waals surface area contributed by atoms with Crippen molar-refractivity contribution in [2.24, 2.45) is 0 Å². The Bertz CT molecular complexity index is 1180. The van der Waals surface area contributed by atoms with Crippen LogP contribution in [0.15, 0.2) is 85.1 Å². The first-order valence-electron chi connectivity index (χ1n) is 11.8. The minimum absolute atomic E-state index is 0.0281. The largest absolute Gasteiger partial charge is 0.356 e. The quantitative estimate of drug-likeness (QED) is 0.274. The number of halogens is 1. The highest BCUT2D eigenvalue weighted by Crippen LogP contribution is 2.35. The van der Waals surface area contributed by atoms with E-state index in [1.54, 1.807) is 12.1 Å². The van der Waals surface area contributed by atoms with Crippen LogP contribution in [0.3, 0.4) is 0 Å². The van der Waals surface area contributed by atoms with Gasteiger partial charge < -0.3 is 9.88 Å². The molecule has 0 aliphatic carbocycles. The van der Waals surface area contributed by atoms with E-state index in [0.717, 1.165) is 47.8 Å². The van der Waals surface area contributed by atoms with Crippen LogP contribution >= 0.6 is 0 Å². The van der Waals surface area contributed by atoms with Gasteiger partial charge in [-0.2, -0.15) is 0 Å². The summed E-state index contributed by atoms with van der Waals surface area (Å²) in [4.78, 5) is 12.9. The first-order valence-corrected chi connectivity index (χ1v) is 11.8. The number of nitrogens with one attached hydrogen (secondary N) is 1. The molecule has 3 aromatic carbocycles. The van der Waals surface area contributed by atoms with E-state index in [2.05, 4.69) is 47.3 Å². The maximum absolute atomic E-state index is 13.7. The number of benzene rings is 3. The van der Waals surface area contributed by atoms with E-state index >= 15 is 0 Å². The summed E-state index contributed by atoms with van der Waals surface area (Å²) >= 11 is 0. The Labute approximate surface area is 195 Å². The van der Waals surface area contributed by atoms with Crippen molar-refractivity contribution in [3.8, 4) is 0 Å². The molecule has 0 aliphatic heterocycles. The Morgan fingerprint density at radius 3 is 2.42 bits per heavy atom. The molecule has 0 spiro atoms. The number of carbonyl (C=O) groups excluding carboxylic acids is 1. The van der Waals surface area contributed by atoms with Gasteiger partial charge in [0.15, 0.2) is 0 Å². The van der Waals surface area contributed by atoms with Gasteiger partial charge in [-0.15, -0.1) is 0 Å². The van der Waals surface area contributed by atoms with Gasteiger partial charge in [0.2, 0.25) is 5.91 Å². The second kappa shape index (κ2) is 11.0. The predicted molar refractivity (Wildman–Crippen MR) is 133 cm³/mol. The lowest BCUT2D eigenvalue weighted by atomic mass is 9.88. The summed E-state index contributed by atoms with van der Waals surface area (Å²) in [6, 6.07) is 25.2. The molecule has 1 atom stereocenters. The fourth-order valence-electron chi connectivity index (χ4n) is 4.43. The van der Waals surface area contributed by atoms with Crippen LogP contribution in [-0.4, -0.2) is 17.0 Å². The van der Waals surface area contributed by atoms with Crippen LogP contribution in [0.4, 0.5) is 4.39 Å². The van der Waals surface area contributed by atoms with Gasteiger partial charge in [-0.05, 0) is 41.3 Å². The molecule has 0 radical (unpaired) electrons. The van der Waals surface area contributed by atoms with Crippen molar-refractivity contribution < 1.29 is 9.18 Å². The lowest BCUT2D eigenvalue weighted by Crippen LogP contribution is -2.26. The number of para-hydroxylation sites is 1. The molecule has 170 valence electrons. The summed E-state index contributed by atoms with van der Waals surface area (Å²) < 4.78 is 15.9. The third kappa shape index (κ3) is 5.70. The van der Waals surface area contributed by atoms with Crippen molar-refractivity contribution in [2.75, 3.05) is 6.54 Å². The molecule has 0 aliphatic rings. The lowest BCUT2D eigenvalue weighted by Gasteiger charge is -2.17. The fourth-order valence-corrected chi connectivity index (χ4v) is 4.43. The van der Waals surface area contributed by atoms with E-state index in [4.69, 9.17) is 0 Å². The third-order valence-corrected chi connectivity index (χ3v) is 6.15. The maximum Gasteiger partial charge on any atom is 0.220 e. The molecule has 1 amide bonds. The van der Waals surface area contributed by atoms with E-state index < -0.39 is 0 Å². The minimum Gasteiger partial charge on any atom is -0.356 e. The zero-order valence-electron chi connectivity index (χ0n) is 19.1. The summed E-state index contributed by atoms with van der Waals surface area (Å²) in [7, 11) is 0. The van der Waals surface area contributed by atoms with Crippen molar-refractivity contribution in [1.29, 1.82) is 0 Å². The minimum atomic E-state index is -0.270. The smallest absolute Gasteiger partial charge is 0.220 e. The lowest BCUT2D eigenvalue weighted by molar-refractivity contribution is -0.121. The monoisotopic (exact) mass is 442 g/mol. The van der Waals surface area contributed by atoms with Crippen LogP contribution in [0.5, 0.6) is 0 Å². The van der Waals surface area contributed by atoms with Crippen LogP contribution in [0, 0.1) is 5.82 Å². The topological polar surface area (TPSA) is 34.0 Å². The van der Waals surface area contributed by atoms with Crippen molar-refractivity contribution >= 4 is 16.8 Å². The van der Waals surface area contributed by atoms with Crippen LogP contribution < -0.4 is 5.32 Å². The number of hydrogen-bond donors (Lipinski definition) is 1. The second-order valence-corrected chi connectivity index (χ2v) is 8.58. The molecule has 3 nitrogen and oxygen atoms in total.